The van der Waals surface area contributed by atoms with Crippen molar-refractivity contribution in [3.63, 3.8) is 0 Å². The normalized spacial score (nSPS) is 11.3. The number of aryl methyl sites for hydroxylation is 1. The van der Waals surface area contributed by atoms with E-state index in [1.54, 1.807) is 12.1 Å². The molecule has 3 rings (SSSR count). The molecule has 2 nitrogen and oxygen atoms in total. The molecule has 0 saturated carbocycles. The minimum atomic E-state index is -4.89. The molecular weight excluding hydrogens is 356 g/mol. The van der Waals surface area contributed by atoms with E-state index in [4.69, 9.17) is 5.41 Å². The number of anilines is 2. The van der Waals surface area contributed by atoms with Crippen LogP contribution in [0.2, 0.25) is 0 Å². The molecule has 2 N–H and O–H groups in total. The van der Waals surface area contributed by atoms with Gasteiger partial charge in [-0.2, -0.15) is 13.2 Å². The van der Waals surface area contributed by atoms with E-state index in [2.05, 4.69) is 5.32 Å². The van der Waals surface area contributed by atoms with Crippen molar-refractivity contribution >= 4 is 17.6 Å². The van der Waals surface area contributed by atoms with E-state index < -0.39 is 23.1 Å². The smallest absolute Gasteiger partial charge is 0.355 e. The zero-order chi connectivity index (χ0) is 19.6. The zero-order valence-electron chi connectivity index (χ0n) is 14.4. The van der Waals surface area contributed by atoms with E-state index in [0.717, 1.165) is 11.1 Å². The Labute approximate surface area is 154 Å². The number of hydrogen-bond donors (Lipinski definition) is 2. The highest BCUT2D eigenvalue weighted by Gasteiger charge is 2.38. The molecule has 0 saturated heterocycles. The molecule has 0 radical (unpaired) electrons. The minimum Gasteiger partial charge on any atom is -0.355 e. The van der Waals surface area contributed by atoms with Gasteiger partial charge in [-0.05, 0) is 41.8 Å². The summed E-state index contributed by atoms with van der Waals surface area (Å²) in [6.45, 7) is 1.27. The maximum absolute atomic E-state index is 14.1. The Kier molecular flexibility index (Phi) is 4.99. The second kappa shape index (κ2) is 7.23. The van der Waals surface area contributed by atoms with Gasteiger partial charge in [-0.1, -0.05) is 42.5 Å². The molecule has 0 aliphatic carbocycles. The molecule has 0 amide bonds. The maximum Gasteiger partial charge on any atom is 0.419 e. The number of halogens is 4. The van der Waals surface area contributed by atoms with Crippen molar-refractivity contribution in [1.29, 1.82) is 5.41 Å². The van der Waals surface area contributed by atoms with Crippen molar-refractivity contribution in [2.45, 2.75) is 13.1 Å². The lowest BCUT2D eigenvalue weighted by Gasteiger charge is -2.18. The maximum atomic E-state index is 14.1. The number of rotatable bonds is 4. The van der Waals surface area contributed by atoms with Gasteiger partial charge in [0.05, 0.1) is 0 Å². The van der Waals surface area contributed by atoms with Gasteiger partial charge in [-0.15, -0.1) is 0 Å². The average molecular weight is 372 g/mol. The van der Waals surface area contributed by atoms with Gasteiger partial charge in [0.25, 0.3) is 0 Å². The molecule has 0 spiro atoms. The Hall–Kier alpha value is -3.15. The molecule has 138 valence electrons. The van der Waals surface area contributed by atoms with E-state index in [9.17, 15) is 17.6 Å². The third kappa shape index (κ3) is 3.84. The second-order valence-corrected chi connectivity index (χ2v) is 6.05. The zero-order valence-corrected chi connectivity index (χ0v) is 14.4. The summed E-state index contributed by atoms with van der Waals surface area (Å²) in [5.74, 6) is -1.36. The number of hydrogen-bond acceptors (Lipinski definition) is 2. The molecule has 0 atom stereocenters. The third-order valence-corrected chi connectivity index (χ3v) is 4.18. The van der Waals surface area contributed by atoms with Crippen LogP contribution in [-0.4, -0.2) is 6.21 Å². The average Bonchev–Trinajstić information content (AvgIpc) is 2.64. The Morgan fingerprint density at radius 3 is 2.07 bits per heavy atom. The molecule has 3 aromatic carbocycles. The molecule has 0 bridgehead atoms. The van der Waals surface area contributed by atoms with E-state index >= 15 is 0 Å². The summed E-state index contributed by atoms with van der Waals surface area (Å²) in [5.41, 5.74) is 0.441. The molecule has 0 aromatic heterocycles. The monoisotopic (exact) mass is 372 g/mol. The Morgan fingerprint density at radius 1 is 0.926 bits per heavy atom. The molecule has 3 aromatic rings. The first-order chi connectivity index (χ1) is 12.8. The van der Waals surface area contributed by atoms with Crippen molar-refractivity contribution in [1.82, 2.24) is 0 Å². The minimum absolute atomic E-state index is 0.0312. The van der Waals surface area contributed by atoms with Gasteiger partial charge in [-0.25, -0.2) is 4.39 Å². The van der Waals surface area contributed by atoms with E-state index in [1.807, 2.05) is 42.5 Å². The van der Waals surface area contributed by atoms with Crippen LogP contribution in [0.1, 0.15) is 16.7 Å². The van der Waals surface area contributed by atoms with E-state index in [0.29, 0.717) is 11.9 Å². The molecule has 27 heavy (non-hydrogen) atoms. The third-order valence-electron chi connectivity index (χ3n) is 4.18. The number of nitrogens with one attached hydrogen (secondary N) is 2. The van der Waals surface area contributed by atoms with Gasteiger partial charge in [0.15, 0.2) is 0 Å². The van der Waals surface area contributed by atoms with Crippen LogP contribution in [0.3, 0.4) is 0 Å². The first kappa shape index (κ1) is 18.6. The van der Waals surface area contributed by atoms with Crippen molar-refractivity contribution in [2.24, 2.45) is 0 Å². The molecular formula is C21H16F4N2. The summed E-state index contributed by atoms with van der Waals surface area (Å²) < 4.78 is 53.8. The highest BCUT2D eigenvalue weighted by molar-refractivity contribution is 5.90. The van der Waals surface area contributed by atoms with Crippen molar-refractivity contribution in [3.8, 4) is 11.1 Å². The highest BCUT2D eigenvalue weighted by Crippen LogP contribution is 2.38. The van der Waals surface area contributed by atoms with Crippen LogP contribution >= 0.6 is 0 Å². The standard InChI is InChI=1S/C21H16F4N2/c1-13-11-18(17(12-26)19(20(13)22)21(23,24)25)27-16-9-7-15(8-10-16)14-5-3-2-4-6-14/h2-12,26-27H,1H3. The van der Waals surface area contributed by atoms with Crippen LogP contribution in [0.15, 0.2) is 60.7 Å². The summed E-state index contributed by atoms with van der Waals surface area (Å²) in [6, 6.07) is 18.0. The SMILES string of the molecule is Cc1cc(Nc2ccc(-c3ccccc3)cc2)c(C=N)c(C(F)(F)F)c1F. The highest BCUT2D eigenvalue weighted by atomic mass is 19.4. The van der Waals surface area contributed by atoms with Crippen LogP contribution in [0.5, 0.6) is 0 Å². The predicted molar refractivity (Wildman–Crippen MR) is 99.2 cm³/mol. The molecule has 0 aliphatic heterocycles. The fourth-order valence-corrected chi connectivity index (χ4v) is 2.87. The van der Waals surface area contributed by atoms with Gasteiger partial charge in [0.1, 0.15) is 11.4 Å². The predicted octanol–water partition coefficient (Wildman–Crippen LogP) is 6.56. The Bertz CT molecular complexity index is 962. The lowest BCUT2D eigenvalue weighted by Crippen LogP contribution is -2.15. The van der Waals surface area contributed by atoms with Crippen molar-refractivity contribution in [2.75, 3.05) is 5.32 Å². The molecule has 0 heterocycles. The molecule has 0 fully saturated rings. The van der Waals surface area contributed by atoms with Crippen LogP contribution in [0.25, 0.3) is 11.1 Å². The number of benzene rings is 3. The topological polar surface area (TPSA) is 35.9 Å². The van der Waals surface area contributed by atoms with Crippen molar-refractivity contribution < 1.29 is 17.6 Å². The summed E-state index contributed by atoms with van der Waals surface area (Å²) in [4.78, 5) is 0. The summed E-state index contributed by atoms with van der Waals surface area (Å²) in [6.07, 6.45) is -4.37. The fraction of sp³-hybridized carbons (Fsp3) is 0.0952. The van der Waals surface area contributed by atoms with Crippen LogP contribution < -0.4 is 5.32 Å². The fourth-order valence-electron chi connectivity index (χ4n) is 2.87. The van der Waals surface area contributed by atoms with Gasteiger partial charge in [0, 0.05) is 23.2 Å². The van der Waals surface area contributed by atoms with Gasteiger partial charge in [-0.3, -0.25) is 0 Å². The summed E-state index contributed by atoms with van der Waals surface area (Å²) in [7, 11) is 0. The van der Waals surface area contributed by atoms with Crippen LogP contribution in [0.4, 0.5) is 28.9 Å². The molecule has 6 heteroatoms. The second-order valence-electron chi connectivity index (χ2n) is 6.05. The molecule has 0 aliphatic rings. The van der Waals surface area contributed by atoms with E-state index in [-0.39, 0.29) is 11.3 Å². The van der Waals surface area contributed by atoms with Gasteiger partial charge < -0.3 is 10.7 Å². The lowest BCUT2D eigenvalue weighted by molar-refractivity contribution is -0.140. The molecule has 0 unspecified atom stereocenters. The largest absolute Gasteiger partial charge is 0.419 e. The first-order valence-corrected chi connectivity index (χ1v) is 8.14. The van der Waals surface area contributed by atoms with Crippen LogP contribution in [0, 0.1) is 18.2 Å². The first-order valence-electron chi connectivity index (χ1n) is 8.14. The summed E-state index contributed by atoms with van der Waals surface area (Å²) >= 11 is 0. The Balaban J connectivity index is 1.98. The van der Waals surface area contributed by atoms with Crippen molar-refractivity contribution in [3.05, 3.63) is 83.2 Å². The van der Waals surface area contributed by atoms with Gasteiger partial charge >= 0.3 is 6.18 Å². The lowest BCUT2D eigenvalue weighted by atomic mass is 10.0. The van der Waals surface area contributed by atoms with Gasteiger partial charge in [0.2, 0.25) is 0 Å². The number of alkyl halides is 3. The quantitative estimate of drug-likeness (QED) is 0.395. The van der Waals surface area contributed by atoms with Crippen LogP contribution in [-0.2, 0) is 6.18 Å². The summed E-state index contributed by atoms with van der Waals surface area (Å²) in [5, 5.41) is 10.2. The van der Waals surface area contributed by atoms with E-state index in [1.165, 1.54) is 13.0 Å². The Morgan fingerprint density at radius 2 is 1.52 bits per heavy atom.